The van der Waals surface area contributed by atoms with Gasteiger partial charge in [-0.15, -0.1) is 0 Å². The Morgan fingerprint density at radius 2 is 1.87 bits per heavy atom. The number of aryl methyl sites for hydroxylation is 1. The van der Waals surface area contributed by atoms with Crippen LogP contribution in [0.15, 0.2) is 48.0 Å². The van der Waals surface area contributed by atoms with Crippen LogP contribution in [-0.4, -0.2) is 13.9 Å². The average Bonchev–Trinajstić information content (AvgIpc) is 3.03. The van der Waals surface area contributed by atoms with Crippen molar-refractivity contribution in [3.63, 3.8) is 0 Å². The highest BCUT2D eigenvalue weighted by atomic mass is 16.7. The minimum Gasteiger partial charge on any atom is -0.497 e. The lowest BCUT2D eigenvalue weighted by Gasteiger charge is -2.05. The zero-order valence-corrected chi connectivity index (χ0v) is 13.7. The topological polar surface area (TPSA) is 27.7 Å². The van der Waals surface area contributed by atoms with Gasteiger partial charge < -0.3 is 14.2 Å². The molecule has 2 aromatic rings. The maximum absolute atomic E-state index is 5.42. The van der Waals surface area contributed by atoms with E-state index in [1.165, 1.54) is 16.7 Å². The summed E-state index contributed by atoms with van der Waals surface area (Å²) >= 11 is 0. The Kier molecular flexibility index (Phi) is 4.86. The molecule has 1 aliphatic rings. The number of fused-ring (bicyclic) bond motifs is 1. The molecule has 3 nitrogen and oxygen atoms in total. The lowest BCUT2D eigenvalue weighted by Crippen LogP contribution is -1.93. The molecular weight excluding hydrogens is 288 g/mol. The van der Waals surface area contributed by atoms with Crippen molar-refractivity contribution in [2.75, 3.05) is 13.9 Å². The van der Waals surface area contributed by atoms with Crippen molar-refractivity contribution in [1.29, 1.82) is 0 Å². The molecule has 0 bridgehead atoms. The van der Waals surface area contributed by atoms with Gasteiger partial charge in [-0.05, 0) is 61.6 Å². The maximum Gasteiger partial charge on any atom is 0.231 e. The van der Waals surface area contributed by atoms with Gasteiger partial charge in [0.05, 0.1) is 7.11 Å². The van der Waals surface area contributed by atoms with E-state index in [1.807, 2.05) is 18.2 Å². The normalized spacial score (nSPS) is 13.2. The summed E-state index contributed by atoms with van der Waals surface area (Å²) in [7, 11) is 1.69. The van der Waals surface area contributed by atoms with Crippen molar-refractivity contribution in [1.82, 2.24) is 0 Å². The van der Waals surface area contributed by atoms with Crippen LogP contribution in [-0.2, 0) is 6.42 Å². The third-order valence-corrected chi connectivity index (χ3v) is 4.00. The van der Waals surface area contributed by atoms with Crippen LogP contribution in [0.4, 0.5) is 0 Å². The van der Waals surface area contributed by atoms with E-state index >= 15 is 0 Å². The molecule has 120 valence electrons. The molecule has 0 aliphatic carbocycles. The Labute approximate surface area is 137 Å². The Hall–Kier alpha value is -2.42. The summed E-state index contributed by atoms with van der Waals surface area (Å²) < 4.78 is 15.9. The summed E-state index contributed by atoms with van der Waals surface area (Å²) in [6.07, 6.45) is 5.49. The second-order valence-corrected chi connectivity index (χ2v) is 5.81. The summed E-state index contributed by atoms with van der Waals surface area (Å²) in [6.45, 7) is 2.52. The first-order chi connectivity index (χ1) is 11.2. The van der Waals surface area contributed by atoms with Crippen LogP contribution >= 0.6 is 0 Å². The highest BCUT2D eigenvalue weighted by molar-refractivity contribution is 5.53. The maximum atomic E-state index is 5.42. The molecule has 0 fully saturated rings. The summed E-state index contributed by atoms with van der Waals surface area (Å²) in [5.74, 6) is 2.61. The van der Waals surface area contributed by atoms with E-state index in [0.29, 0.717) is 6.79 Å². The Bertz CT molecular complexity index is 687. The zero-order chi connectivity index (χ0) is 16.1. The SMILES string of the molecule is COc1ccc(/C=C(\C)CCCc2ccc3c(c2)OCO3)cc1. The van der Waals surface area contributed by atoms with E-state index in [9.17, 15) is 0 Å². The van der Waals surface area contributed by atoms with Gasteiger partial charge >= 0.3 is 0 Å². The Morgan fingerprint density at radius 3 is 2.65 bits per heavy atom. The molecule has 3 heteroatoms. The number of benzene rings is 2. The minimum absolute atomic E-state index is 0.336. The number of methoxy groups -OCH3 is 1. The standard InChI is InChI=1S/C20H22O3/c1-15(12-17-6-9-18(21-2)10-7-17)4-3-5-16-8-11-19-20(13-16)23-14-22-19/h6-13H,3-5,14H2,1-2H3/b15-12+. The highest BCUT2D eigenvalue weighted by Crippen LogP contribution is 2.33. The molecular formula is C20H22O3. The van der Waals surface area contributed by atoms with Crippen LogP contribution in [0.2, 0.25) is 0 Å². The third kappa shape index (κ3) is 4.07. The molecule has 1 heterocycles. The van der Waals surface area contributed by atoms with Gasteiger partial charge in [-0.1, -0.05) is 29.8 Å². The lowest BCUT2D eigenvalue weighted by molar-refractivity contribution is 0.174. The van der Waals surface area contributed by atoms with E-state index < -0.39 is 0 Å². The van der Waals surface area contributed by atoms with E-state index in [1.54, 1.807) is 7.11 Å². The summed E-state index contributed by atoms with van der Waals surface area (Å²) in [5, 5.41) is 0. The van der Waals surface area contributed by atoms with Crippen LogP contribution in [0.5, 0.6) is 17.2 Å². The number of ether oxygens (including phenoxy) is 3. The Morgan fingerprint density at radius 1 is 1.09 bits per heavy atom. The van der Waals surface area contributed by atoms with Crippen molar-refractivity contribution in [3.05, 3.63) is 59.2 Å². The predicted octanol–water partition coefficient (Wildman–Crippen LogP) is 4.85. The Balaban J connectivity index is 1.52. The van der Waals surface area contributed by atoms with Crippen LogP contribution < -0.4 is 14.2 Å². The van der Waals surface area contributed by atoms with Gasteiger partial charge in [-0.3, -0.25) is 0 Å². The van der Waals surface area contributed by atoms with Gasteiger partial charge in [-0.25, -0.2) is 0 Å². The molecule has 0 aromatic heterocycles. The van der Waals surface area contributed by atoms with Crippen molar-refractivity contribution in [3.8, 4) is 17.2 Å². The van der Waals surface area contributed by atoms with E-state index in [4.69, 9.17) is 14.2 Å². The van der Waals surface area contributed by atoms with E-state index in [0.717, 1.165) is 36.5 Å². The second-order valence-electron chi connectivity index (χ2n) is 5.81. The number of allylic oxidation sites excluding steroid dienone is 1. The smallest absolute Gasteiger partial charge is 0.231 e. The molecule has 0 spiro atoms. The molecule has 0 atom stereocenters. The van der Waals surface area contributed by atoms with Gasteiger partial charge in [0.1, 0.15) is 5.75 Å². The van der Waals surface area contributed by atoms with Crippen molar-refractivity contribution in [2.45, 2.75) is 26.2 Å². The fraction of sp³-hybridized carbons (Fsp3) is 0.300. The van der Waals surface area contributed by atoms with Crippen molar-refractivity contribution in [2.24, 2.45) is 0 Å². The van der Waals surface area contributed by atoms with Crippen LogP contribution in [0, 0.1) is 0 Å². The summed E-state index contributed by atoms with van der Waals surface area (Å²) in [6, 6.07) is 14.4. The molecule has 0 N–H and O–H groups in total. The molecule has 2 aromatic carbocycles. The molecule has 0 unspecified atom stereocenters. The predicted molar refractivity (Wildman–Crippen MR) is 92.1 cm³/mol. The van der Waals surface area contributed by atoms with Gasteiger partial charge in [0, 0.05) is 0 Å². The number of hydrogen-bond acceptors (Lipinski definition) is 3. The van der Waals surface area contributed by atoms with Crippen LogP contribution in [0.3, 0.4) is 0 Å². The van der Waals surface area contributed by atoms with E-state index in [-0.39, 0.29) is 0 Å². The molecule has 1 aliphatic heterocycles. The fourth-order valence-corrected chi connectivity index (χ4v) is 2.72. The molecule has 0 amide bonds. The van der Waals surface area contributed by atoms with Gasteiger partial charge in [0.2, 0.25) is 6.79 Å². The minimum atomic E-state index is 0.336. The van der Waals surface area contributed by atoms with Gasteiger partial charge in [-0.2, -0.15) is 0 Å². The first-order valence-corrected chi connectivity index (χ1v) is 7.94. The lowest BCUT2D eigenvalue weighted by atomic mass is 10.0. The largest absolute Gasteiger partial charge is 0.497 e. The van der Waals surface area contributed by atoms with Crippen LogP contribution in [0.1, 0.15) is 30.9 Å². The highest BCUT2D eigenvalue weighted by Gasteiger charge is 2.12. The number of rotatable bonds is 6. The van der Waals surface area contributed by atoms with Crippen molar-refractivity contribution >= 4 is 6.08 Å². The zero-order valence-electron chi connectivity index (χ0n) is 13.7. The first kappa shape index (κ1) is 15.5. The summed E-state index contributed by atoms with van der Waals surface area (Å²) in [5.41, 5.74) is 3.90. The number of hydrogen-bond donors (Lipinski definition) is 0. The molecule has 23 heavy (non-hydrogen) atoms. The van der Waals surface area contributed by atoms with E-state index in [2.05, 4.69) is 37.3 Å². The second kappa shape index (κ2) is 7.23. The molecule has 0 saturated carbocycles. The molecule has 3 rings (SSSR count). The van der Waals surface area contributed by atoms with Crippen LogP contribution in [0.25, 0.3) is 6.08 Å². The average molecular weight is 310 g/mol. The quantitative estimate of drug-likeness (QED) is 0.763. The molecule has 0 saturated heterocycles. The van der Waals surface area contributed by atoms with Crippen molar-refractivity contribution < 1.29 is 14.2 Å². The summed E-state index contributed by atoms with van der Waals surface area (Å²) in [4.78, 5) is 0. The fourth-order valence-electron chi connectivity index (χ4n) is 2.72. The molecule has 0 radical (unpaired) electrons. The first-order valence-electron chi connectivity index (χ1n) is 7.94. The monoisotopic (exact) mass is 310 g/mol. The van der Waals surface area contributed by atoms with Gasteiger partial charge in [0.25, 0.3) is 0 Å². The third-order valence-electron chi connectivity index (χ3n) is 4.00. The van der Waals surface area contributed by atoms with Gasteiger partial charge in [0.15, 0.2) is 11.5 Å².